The lowest BCUT2D eigenvalue weighted by Gasteiger charge is -2.13. The van der Waals surface area contributed by atoms with Gasteiger partial charge in [-0.25, -0.2) is 0 Å². The molecule has 0 atom stereocenters. The third-order valence-corrected chi connectivity index (χ3v) is 3.34. The molecule has 4 nitrogen and oxygen atoms in total. The van der Waals surface area contributed by atoms with Crippen molar-refractivity contribution in [2.24, 2.45) is 0 Å². The number of nitrogens with one attached hydrogen (secondary N) is 1. The van der Waals surface area contributed by atoms with Crippen LogP contribution in [-0.4, -0.2) is 26.9 Å². The van der Waals surface area contributed by atoms with Gasteiger partial charge in [-0.3, -0.25) is 0 Å². The first-order valence-electron chi connectivity index (χ1n) is 8.01. The third kappa shape index (κ3) is 5.83. The van der Waals surface area contributed by atoms with Gasteiger partial charge < -0.3 is 19.5 Å². The van der Waals surface area contributed by atoms with Crippen LogP contribution in [0.1, 0.15) is 18.9 Å². The van der Waals surface area contributed by atoms with Crippen molar-refractivity contribution in [1.82, 2.24) is 5.32 Å². The Morgan fingerprint density at radius 2 is 1.70 bits per heavy atom. The Morgan fingerprint density at radius 3 is 2.43 bits per heavy atom. The summed E-state index contributed by atoms with van der Waals surface area (Å²) in [5.41, 5.74) is 1.18. The van der Waals surface area contributed by atoms with Crippen LogP contribution in [0, 0.1) is 0 Å². The Morgan fingerprint density at radius 1 is 0.913 bits per heavy atom. The van der Waals surface area contributed by atoms with Crippen LogP contribution in [0.25, 0.3) is 0 Å². The zero-order valence-electron chi connectivity index (χ0n) is 13.9. The highest BCUT2D eigenvalue weighted by Crippen LogP contribution is 2.28. The molecule has 0 amide bonds. The molecule has 2 aromatic rings. The Labute approximate surface area is 138 Å². The van der Waals surface area contributed by atoms with Gasteiger partial charge in [-0.15, -0.1) is 0 Å². The van der Waals surface area contributed by atoms with Gasteiger partial charge in [0.15, 0.2) is 11.5 Å². The molecule has 0 radical (unpaired) electrons. The molecule has 1 N–H and O–H groups in total. The van der Waals surface area contributed by atoms with Gasteiger partial charge in [0.05, 0.1) is 7.11 Å². The van der Waals surface area contributed by atoms with Crippen molar-refractivity contribution in [3.8, 4) is 17.2 Å². The van der Waals surface area contributed by atoms with Gasteiger partial charge in [0.2, 0.25) is 0 Å². The van der Waals surface area contributed by atoms with Crippen LogP contribution >= 0.6 is 0 Å². The molecule has 2 aromatic carbocycles. The lowest BCUT2D eigenvalue weighted by atomic mass is 10.2. The third-order valence-electron chi connectivity index (χ3n) is 3.34. The van der Waals surface area contributed by atoms with E-state index in [4.69, 9.17) is 14.2 Å². The highest BCUT2D eigenvalue weighted by Gasteiger charge is 2.06. The van der Waals surface area contributed by atoms with E-state index in [-0.39, 0.29) is 0 Å². The van der Waals surface area contributed by atoms with Crippen molar-refractivity contribution in [3.05, 3.63) is 54.1 Å². The largest absolute Gasteiger partial charge is 0.493 e. The number of hydrogen-bond donors (Lipinski definition) is 1. The van der Waals surface area contributed by atoms with Gasteiger partial charge >= 0.3 is 0 Å². The summed E-state index contributed by atoms with van der Waals surface area (Å²) in [5, 5.41) is 3.38. The summed E-state index contributed by atoms with van der Waals surface area (Å²) < 4.78 is 16.8. The molecule has 0 saturated carbocycles. The summed E-state index contributed by atoms with van der Waals surface area (Å²) in [6.45, 7) is 4.96. The predicted octanol–water partition coefficient (Wildman–Crippen LogP) is 3.65. The fourth-order valence-corrected chi connectivity index (χ4v) is 2.18. The summed E-state index contributed by atoms with van der Waals surface area (Å²) in [6.07, 6.45) is 1.12. The Balaban J connectivity index is 1.82. The van der Waals surface area contributed by atoms with Gasteiger partial charge in [-0.2, -0.15) is 0 Å². The number of benzene rings is 2. The second-order valence-electron chi connectivity index (χ2n) is 5.17. The summed E-state index contributed by atoms with van der Waals surface area (Å²) in [5.74, 6) is 2.34. The van der Waals surface area contributed by atoms with Gasteiger partial charge in [-0.05, 0) is 42.8 Å². The zero-order valence-corrected chi connectivity index (χ0v) is 13.9. The van der Waals surface area contributed by atoms with Crippen molar-refractivity contribution in [1.29, 1.82) is 0 Å². The number of hydrogen-bond acceptors (Lipinski definition) is 4. The molecule has 0 spiro atoms. The van der Waals surface area contributed by atoms with Crippen LogP contribution < -0.4 is 19.5 Å². The highest BCUT2D eigenvalue weighted by atomic mass is 16.5. The second-order valence-corrected chi connectivity index (χ2v) is 5.17. The van der Waals surface area contributed by atoms with E-state index < -0.39 is 0 Å². The highest BCUT2D eigenvalue weighted by molar-refractivity contribution is 5.43. The van der Waals surface area contributed by atoms with Gasteiger partial charge in [0, 0.05) is 6.54 Å². The molecular weight excluding hydrogens is 290 g/mol. The van der Waals surface area contributed by atoms with Crippen molar-refractivity contribution < 1.29 is 14.2 Å². The SMILES string of the molecule is CCCNCc1ccc(OCCOc2ccccc2)c(OC)c1. The molecule has 0 unspecified atom stereocenters. The Bertz CT molecular complexity index is 572. The molecule has 0 aliphatic rings. The zero-order chi connectivity index (χ0) is 16.3. The quantitative estimate of drug-likeness (QED) is 0.679. The molecule has 0 aliphatic heterocycles. The van der Waals surface area contributed by atoms with Crippen LogP contribution in [0.2, 0.25) is 0 Å². The van der Waals surface area contributed by atoms with E-state index in [1.54, 1.807) is 7.11 Å². The van der Waals surface area contributed by atoms with Gasteiger partial charge in [0.1, 0.15) is 19.0 Å². The maximum atomic E-state index is 5.76. The minimum absolute atomic E-state index is 0.471. The van der Waals surface area contributed by atoms with E-state index >= 15 is 0 Å². The summed E-state index contributed by atoms with van der Waals surface area (Å²) in [7, 11) is 1.66. The number of methoxy groups -OCH3 is 1. The Kier molecular flexibility index (Phi) is 7.27. The predicted molar refractivity (Wildman–Crippen MR) is 92.4 cm³/mol. The van der Waals surface area contributed by atoms with Crippen molar-refractivity contribution in [2.75, 3.05) is 26.9 Å². The van der Waals surface area contributed by atoms with E-state index in [9.17, 15) is 0 Å². The van der Waals surface area contributed by atoms with Crippen molar-refractivity contribution in [3.63, 3.8) is 0 Å². The van der Waals surface area contributed by atoms with Gasteiger partial charge in [-0.1, -0.05) is 31.2 Å². The second kappa shape index (κ2) is 9.74. The molecule has 0 aliphatic carbocycles. The maximum Gasteiger partial charge on any atom is 0.161 e. The van der Waals surface area contributed by atoms with Crippen LogP contribution in [-0.2, 0) is 6.54 Å². The molecule has 23 heavy (non-hydrogen) atoms. The van der Waals surface area contributed by atoms with E-state index in [0.29, 0.717) is 13.2 Å². The smallest absolute Gasteiger partial charge is 0.161 e. The normalized spacial score (nSPS) is 10.3. The average Bonchev–Trinajstić information content (AvgIpc) is 2.60. The minimum atomic E-state index is 0.471. The van der Waals surface area contributed by atoms with E-state index in [1.807, 2.05) is 42.5 Å². The lowest BCUT2D eigenvalue weighted by molar-refractivity contribution is 0.211. The average molecular weight is 315 g/mol. The maximum absolute atomic E-state index is 5.76. The van der Waals surface area contributed by atoms with E-state index in [0.717, 1.165) is 36.8 Å². The first kappa shape index (κ1) is 17.2. The summed E-state index contributed by atoms with van der Waals surface area (Å²) >= 11 is 0. The molecule has 0 heterocycles. The molecule has 0 aromatic heterocycles. The summed E-state index contributed by atoms with van der Waals surface area (Å²) in [6, 6.07) is 15.7. The molecular formula is C19H25NO3. The Hall–Kier alpha value is -2.20. The molecule has 2 rings (SSSR count). The topological polar surface area (TPSA) is 39.7 Å². The first-order chi connectivity index (χ1) is 11.3. The first-order valence-corrected chi connectivity index (χ1v) is 8.01. The van der Waals surface area contributed by atoms with Crippen molar-refractivity contribution in [2.45, 2.75) is 19.9 Å². The van der Waals surface area contributed by atoms with Crippen LogP contribution in [0.5, 0.6) is 17.2 Å². The molecule has 124 valence electrons. The van der Waals surface area contributed by atoms with Crippen molar-refractivity contribution >= 4 is 0 Å². The number of rotatable bonds is 10. The fourth-order valence-electron chi connectivity index (χ4n) is 2.18. The standard InChI is InChI=1S/C19H25NO3/c1-3-11-20-15-16-9-10-18(19(14-16)21-2)23-13-12-22-17-7-5-4-6-8-17/h4-10,14,20H,3,11-13,15H2,1-2H3. The molecule has 0 fully saturated rings. The number of ether oxygens (including phenoxy) is 3. The monoisotopic (exact) mass is 315 g/mol. The van der Waals surface area contributed by atoms with E-state index in [2.05, 4.69) is 18.3 Å². The van der Waals surface area contributed by atoms with Crippen LogP contribution in [0.15, 0.2) is 48.5 Å². The lowest BCUT2D eigenvalue weighted by Crippen LogP contribution is -2.14. The molecule has 4 heteroatoms. The minimum Gasteiger partial charge on any atom is -0.493 e. The summed E-state index contributed by atoms with van der Waals surface area (Å²) in [4.78, 5) is 0. The van der Waals surface area contributed by atoms with Crippen LogP contribution in [0.4, 0.5) is 0 Å². The molecule has 0 bridgehead atoms. The van der Waals surface area contributed by atoms with Crippen LogP contribution in [0.3, 0.4) is 0 Å². The molecule has 0 saturated heterocycles. The van der Waals surface area contributed by atoms with E-state index in [1.165, 1.54) is 5.56 Å². The fraction of sp³-hybridized carbons (Fsp3) is 0.368. The number of para-hydroxylation sites is 1. The van der Waals surface area contributed by atoms with Gasteiger partial charge in [0.25, 0.3) is 0 Å².